The Labute approximate surface area is 170 Å². The molecule has 0 aromatic heterocycles. The minimum absolute atomic E-state index is 0.0923. The van der Waals surface area contributed by atoms with Gasteiger partial charge in [-0.15, -0.1) is 0 Å². The Bertz CT molecular complexity index is 756. The van der Waals surface area contributed by atoms with Crippen LogP contribution in [0.15, 0.2) is 24.3 Å². The number of benzene rings is 1. The summed E-state index contributed by atoms with van der Waals surface area (Å²) in [6.45, 7) is 3.79. The highest BCUT2D eigenvalue weighted by molar-refractivity contribution is 5.98. The SMILES string of the molecule is CCOc1ccc(/C=C/C(=O)O[C@@H](C)C(=O)NC(=O)NC2CCCC2)cc1OC. The number of ether oxygens (including phenoxy) is 3. The highest BCUT2D eigenvalue weighted by Crippen LogP contribution is 2.28. The van der Waals surface area contributed by atoms with Crippen LogP contribution in [0.25, 0.3) is 6.08 Å². The van der Waals surface area contributed by atoms with Crippen LogP contribution in [0.5, 0.6) is 11.5 Å². The summed E-state index contributed by atoms with van der Waals surface area (Å²) in [5.41, 5.74) is 0.704. The lowest BCUT2D eigenvalue weighted by Crippen LogP contribution is -2.47. The number of imide groups is 1. The monoisotopic (exact) mass is 404 g/mol. The molecule has 1 aliphatic carbocycles. The smallest absolute Gasteiger partial charge is 0.331 e. The largest absolute Gasteiger partial charge is 0.493 e. The number of carbonyl (C=O) groups excluding carboxylic acids is 3. The molecule has 0 spiro atoms. The third kappa shape index (κ3) is 7.14. The normalized spacial score (nSPS) is 15.0. The fraction of sp³-hybridized carbons (Fsp3) is 0.476. The van der Waals surface area contributed by atoms with E-state index in [9.17, 15) is 14.4 Å². The van der Waals surface area contributed by atoms with Crippen molar-refractivity contribution in [2.24, 2.45) is 0 Å². The second kappa shape index (κ2) is 11.1. The minimum Gasteiger partial charge on any atom is -0.493 e. The Morgan fingerprint density at radius 3 is 2.59 bits per heavy atom. The first-order valence-electron chi connectivity index (χ1n) is 9.73. The molecular weight excluding hydrogens is 376 g/mol. The Morgan fingerprint density at radius 1 is 1.21 bits per heavy atom. The molecule has 2 rings (SSSR count). The molecule has 0 aliphatic heterocycles. The van der Waals surface area contributed by atoms with Crippen LogP contribution in [0.2, 0.25) is 0 Å². The third-order valence-corrected chi connectivity index (χ3v) is 4.49. The minimum atomic E-state index is -1.10. The highest BCUT2D eigenvalue weighted by atomic mass is 16.5. The number of esters is 1. The van der Waals surface area contributed by atoms with Gasteiger partial charge in [-0.05, 0) is 50.5 Å². The molecule has 2 N–H and O–H groups in total. The van der Waals surface area contributed by atoms with Gasteiger partial charge in [0, 0.05) is 12.1 Å². The number of hydrogen-bond acceptors (Lipinski definition) is 6. The summed E-state index contributed by atoms with van der Waals surface area (Å²) >= 11 is 0. The van der Waals surface area contributed by atoms with E-state index in [1.165, 1.54) is 26.2 Å². The van der Waals surface area contributed by atoms with Crippen LogP contribution in [-0.2, 0) is 14.3 Å². The summed E-state index contributed by atoms with van der Waals surface area (Å²) in [4.78, 5) is 35.8. The van der Waals surface area contributed by atoms with Crippen molar-refractivity contribution in [2.75, 3.05) is 13.7 Å². The van der Waals surface area contributed by atoms with Crippen molar-refractivity contribution in [1.29, 1.82) is 0 Å². The second-order valence-corrected chi connectivity index (χ2v) is 6.70. The van der Waals surface area contributed by atoms with Gasteiger partial charge in [0.05, 0.1) is 13.7 Å². The standard InChI is InChI=1S/C21H28N2O6/c1-4-28-17-11-9-15(13-18(17)27-3)10-12-19(24)29-14(2)20(25)23-21(26)22-16-7-5-6-8-16/h9-14,16H,4-8H2,1-3H3,(H2,22,23,25,26)/b12-10+/t14-/m0/s1. The van der Waals surface area contributed by atoms with Crippen LogP contribution in [0.4, 0.5) is 4.79 Å². The fourth-order valence-corrected chi connectivity index (χ4v) is 3.00. The zero-order chi connectivity index (χ0) is 21.2. The fourth-order valence-electron chi connectivity index (χ4n) is 3.00. The number of hydrogen-bond donors (Lipinski definition) is 2. The molecule has 8 nitrogen and oxygen atoms in total. The van der Waals surface area contributed by atoms with E-state index in [-0.39, 0.29) is 6.04 Å². The van der Waals surface area contributed by atoms with E-state index in [2.05, 4.69) is 10.6 Å². The Kier molecular flexibility index (Phi) is 8.51. The molecule has 1 fully saturated rings. The first-order chi connectivity index (χ1) is 13.9. The maximum Gasteiger partial charge on any atom is 0.331 e. The molecule has 0 unspecified atom stereocenters. The summed E-state index contributed by atoms with van der Waals surface area (Å²) in [6.07, 6.45) is 5.60. The third-order valence-electron chi connectivity index (χ3n) is 4.49. The first kappa shape index (κ1) is 22.3. The quantitative estimate of drug-likeness (QED) is 0.510. The molecular formula is C21H28N2O6. The Hall–Kier alpha value is -3.03. The van der Waals surface area contributed by atoms with Crippen molar-refractivity contribution >= 4 is 24.0 Å². The van der Waals surface area contributed by atoms with Gasteiger partial charge in [-0.1, -0.05) is 18.9 Å². The molecule has 8 heteroatoms. The molecule has 0 saturated heterocycles. The number of urea groups is 1. The lowest BCUT2D eigenvalue weighted by atomic mass is 10.2. The van der Waals surface area contributed by atoms with Crippen molar-refractivity contribution < 1.29 is 28.6 Å². The predicted molar refractivity (Wildman–Crippen MR) is 108 cm³/mol. The van der Waals surface area contributed by atoms with E-state index in [0.717, 1.165) is 25.7 Å². The zero-order valence-electron chi connectivity index (χ0n) is 17.0. The van der Waals surface area contributed by atoms with Gasteiger partial charge in [-0.3, -0.25) is 10.1 Å². The molecule has 0 radical (unpaired) electrons. The summed E-state index contributed by atoms with van der Waals surface area (Å²) < 4.78 is 15.8. The maximum absolute atomic E-state index is 12.0. The summed E-state index contributed by atoms with van der Waals surface area (Å²) in [6, 6.07) is 4.75. The van der Waals surface area contributed by atoms with Crippen molar-refractivity contribution in [3.8, 4) is 11.5 Å². The average molecular weight is 404 g/mol. The van der Waals surface area contributed by atoms with Gasteiger partial charge in [0.1, 0.15) is 0 Å². The van der Waals surface area contributed by atoms with Crippen molar-refractivity contribution in [3.63, 3.8) is 0 Å². The van der Waals surface area contributed by atoms with Gasteiger partial charge < -0.3 is 19.5 Å². The summed E-state index contributed by atoms with van der Waals surface area (Å²) in [5, 5.41) is 4.94. The molecule has 1 atom stereocenters. The topological polar surface area (TPSA) is 103 Å². The zero-order valence-corrected chi connectivity index (χ0v) is 17.0. The number of carbonyl (C=O) groups is 3. The number of amides is 3. The van der Waals surface area contributed by atoms with E-state index in [1.807, 2.05) is 6.92 Å². The van der Waals surface area contributed by atoms with Gasteiger partial charge in [0.2, 0.25) is 0 Å². The van der Waals surface area contributed by atoms with Crippen molar-refractivity contribution in [2.45, 2.75) is 51.7 Å². The van der Waals surface area contributed by atoms with Gasteiger partial charge in [0.15, 0.2) is 17.6 Å². The number of rotatable bonds is 8. The van der Waals surface area contributed by atoms with E-state index < -0.39 is 24.0 Å². The first-order valence-corrected chi connectivity index (χ1v) is 9.73. The summed E-state index contributed by atoms with van der Waals surface area (Å²) in [5.74, 6) is -0.221. The molecule has 1 saturated carbocycles. The molecule has 1 aromatic rings. The van der Waals surface area contributed by atoms with E-state index >= 15 is 0 Å². The maximum atomic E-state index is 12.0. The number of nitrogens with one attached hydrogen (secondary N) is 2. The molecule has 0 heterocycles. The van der Waals surface area contributed by atoms with E-state index in [4.69, 9.17) is 14.2 Å². The average Bonchev–Trinajstić information content (AvgIpc) is 3.20. The lowest BCUT2D eigenvalue weighted by molar-refractivity contribution is -0.149. The predicted octanol–water partition coefficient (Wildman–Crippen LogP) is 2.81. The number of methoxy groups -OCH3 is 1. The van der Waals surface area contributed by atoms with Crippen LogP contribution in [0, 0.1) is 0 Å². The van der Waals surface area contributed by atoms with Crippen LogP contribution in [0.3, 0.4) is 0 Å². The van der Waals surface area contributed by atoms with Gasteiger partial charge >= 0.3 is 12.0 Å². The Balaban J connectivity index is 1.83. The molecule has 0 bridgehead atoms. The molecule has 158 valence electrons. The van der Waals surface area contributed by atoms with Gasteiger partial charge in [-0.25, -0.2) is 9.59 Å². The molecule has 3 amide bonds. The van der Waals surface area contributed by atoms with Crippen molar-refractivity contribution in [3.05, 3.63) is 29.8 Å². The summed E-state index contributed by atoms with van der Waals surface area (Å²) in [7, 11) is 1.53. The van der Waals surface area contributed by atoms with E-state index in [0.29, 0.717) is 23.7 Å². The van der Waals surface area contributed by atoms with Gasteiger partial charge in [-0.2, -0.15) is 0 Å². The molecule has 1 aliphatic rings. The van der Waals surface area contributed by atoms with E-state index in [1.54, 1.807) is 18.2 Å². The lowest BCUT2D eigenvalue weighted by Gasteiger charge is -2.15. The molecule has 29 heavy (non-hydrogen) atoms. The van der Waals surface area contributed by atoms with Crippen LogP contribution in [0.1, 0.15) is 45.1 Å². The molecule has 1 aromatic carbocycles. The second-order valence-electron chi connectivity index (χ2n) is 6.70. The van der Waals surface area contributed by atoms with Crippen LogP contribution >= 0.6 is 0 Å². The van der Waals surface area contributed by atoms with Gasteiger partial charge in [0.25, 0.3) is 5.91 Å². The van der Waals surface area contributed by atoms with Crippen LogP contribution in [-0.4, -0.2) is 43.8 Å². The Morgan fingerprint density at radius 2 is 1.93 bits per heavy atom. The highest BCUT2D eigenvalue weighted by Gasteiger charge is 2.22. The van der Waals surface area contributed by atoms with Crippen LogP contribution < -0.4 is 20.1 Å². The van der Waals surface area contributed by atoms with Crippen molar-refractivity contribution in [1.82, 2.24) is 10.6 Å².